The molecule has 7 heteroatoms. The van der Waals surface area contributed by atoms with Crippen LogP contribution in [0.1, 0.15) is 37.9 Å². The highest BCUT2D eigenvalue weighted by molar-refractivity contribution is 7.89. The lowest BCUT2D eigenvalue weighted by Gasteiger charge is -2.13. The molecular weight excluding hydrogens is 292 g/mol. The van der Waals surface area contributed by atoms with Gasteiger partial charge in [0, 0.05) is 25.3 Å². The Balaban J connectivity index is 2.96. The Morgan fingerprint density at radius 3 is 2.48 bits per heavy atom. The Kier molecular flexibility index (Phi) is 6.86. The zero-order chi connectivity index (χ0) is 16.0. The fraction of sp³-hybridized carbons (Fsp3) is 0.714. The summed E-state index contributed by atoms with van der Waals surface area (Å²) in [5.41, 5.74) is 0.686. The number of rotatable bonds is 9. The molecule has 6 nitrogen and oxygen atoms in total. The fourth-order valence-electron chi connectivity index (χ4n) is 2.16. The van der Waals surface area contributed by atoms with E-state index in [0.717, 1.165) is 6.54 Å². The lowest BCUT2D eigenvalue weighted by molar-refractivity contribution is 0.0799. The highest BCUT2D eigenvalue weighted by Gasteiger charge is 2.26. The quantitative estimate of drug-likeness (QED) is 0.724. The number of aryl methyl sites for hydroxylation is 2. The van der Waals surface area contributed by atoms with E-state index >= 15 is 0 Å². The largest absolute Gasteiger partial charge is 0.465 e. The van der Waals surface area contributed by atoms with Gasteiger partial charge in [-0.3, -0.25) is 0 Å². The molecule has 1 aromatic rings. The molecule has 0 saturated heterocycles. The van der Waals surface area contributed by atoms with E-state index in [-0.39, 0.29) is 17.5 Å². The summed E-state index contributed by atoms with van der Waals surface area (Å²) in [6.45, 7) is 11.2. The van der Waals surface area contributed by atoms with Crippen LogP contribution in [0.2, 0.25) is 0 Å². The molecule has 0 saturated carbocycles. The summed E-state index contributed by atoms with van der Waals surface area (Å²) in [5.74, 6) is 1.05. The zero-order valence-corrected chi connectivity index (χ0v) is 14.3. The van der Waals surface area contributed by atoms with Crippen molar-refractivity contribution >= 4 is 10.0 Å². The Bertz CT molecular complexity index is 552. The summed E-state index contributed by atoms with van der Waals surface area (Å²) in [7, 11) is -3.61. The van der Waals surface area contributed by atoms with E-state index in [0.29, 0.717) is 30.2 Å². The molecule has 0 spiro atoms. The first-order valence-corrected chi connectivity index (χ1v) is 8.72. The molecule has 21 heavy (non-hydrogen) atoms. The van der Waals surface area contributed by atoms with Gasteiger partial charge in [0.05, 0.1) is 6.10 Å². The predicted molar refractivity (Wildman–Crippen MR) is 81.8 cm³/mol. The van der Waals surface area contributed by atoms with Crippen LogP contribution < -0.4 is 10.0 Å². The van der Waals surface area contributed by atoms with E-state index in [4.69, 9.17) is 9.15 Å². The van der Waals surface area contributed by atoms with Gasteiger partial charge in [0.1, 0.15) is 16.4 Å². The van der Waals surface area contributed by atoms with Crippen molar-refractivity contribution in [3.05, 3.63) is 17.1 Å². The summed E-state index contributed by atoms with van der Waals surface area (Å²) in [6, 6.07) is 0. The van der Waals surface area contributed by atoms with Crippen molar-refractivity contribution in [2.45, 2.75) is 52.2 Å². The van der Waals surface area contributed by atoms with Gasteiger partial charge in [-0.15, -0.1) is 0 Å². The highest BCUT2D eigenvalue weighted by atomic mass is 32.2. The normalized spacial score (nSPS) is 13.6. The van der Waals surface area contributed by atoms with Gasteiger partial charge < -0.3 is 14.5 Å². The molecule has 0 aliphatic carbocycles. The molecule has 0 radical (unpaired) electrons. The molecule has 1 aromatic heterocycles. The summed E-state index contributed by atoms with van der Waals surface area (Å²) < 4.78 is 38.4. The van der Waals surface area contributed by atoms with Crippen molar-refractivity contribution in [3.63, 3.8) is 0 Å². The van der Waals surface area contributed by atoms with E-state index in [9.17, 15) is 8.42 Å². The Morgan fingerprint density at radius 1 is 1.24 bits per heavy atom. The van der Waals surface area contributed by atoms with Gasteiger partial charge in [-0.2, -0.15) is 0 Å². The van der Waals surface area contributed by atoms with Crippen LogP contribution in [0.25, 0.3) is 0 Å². The fourth-order valence-corrected chi connectivity index (χ4v) is 3.72. The van der Waals surface area contributed by atoms with Crippen LogP contribution in [0.4, 0.5) is 0 Å². The third-order valence-electron chi connectivity index (χ3n) is 3.16. The zero-order valence-electron chi connectivity index (χ0n) is 13.4. The lowest BCUT2D eigenvalue weighted by Crippen LogP contribution is -2.33. The SMILES string of the molecule is CCNCc1c(C)oc(C)c1S(=O)(=O)NCC(C)OCC. The van der Waals surface area contributed by atoms with Gasteiger partial charge in [0.15, 0.2) is 0 Å². The topological polar surface area (TPSA) is 80.6 Å². The number of furan rings is 1. The third kappa shape index (κ3) is 4.81. The number of sulfonamides is 1. The second-order valence-electron chi connectivity index (χ2n) is 4.92. The van der Waals surface area contributed by atoms with Crippen molar-refractivity contribution in [2.24, 2.45) is 0 Å². The first-order chi connectivity index (χ1) is 9.83. The summed E-state index contributed by atoms with van der Waals surface area (Å²) in [4.78, 5) is 0.240. The van der Waals surface area contributed by atoms with Crippen molar-refractivity contribution in [2.75, 3.05) is 19.7 Å². The predicted octanol–water partition coefficient (Wildman–Crippen LogP) is 1.71. The standard InChI is InChI=1S/C14H26N2O4S/c1-6-15-9-13-11(4)20-12(5)14(13)21(17,18)16-8-10(3)19-7-2/h10,15-16H,6-9H2,1-5H3. The molecule has 0 bridgehead atoms. The van der Waals surface area contributed by atoms with Crippen LogP contribution in [-0.4, -0.2) is 34.2 Å². The summed E-state index contributed by atoms with van der Waals surface area (Å²) >= 11 is 0. The van der Waals surface area contributed by atoms with Gasteiger partial charge in [-0.25, -0.2) is 13.1 Å². The van der Waals surface area contributed by atoms with E-state index in [2.05, 4.69) is 10.0 Å². The second-order valence-corrected chi connectivity index (χ2v) is 6.62. The van der Waals surface area contributed by atoms with Crippen molar-refractivity contribution < 1.29 is 17.6 Å². The number of hydrogen-bond donors (Lipinski definition) is 2. The number of nitrogens with one attached hydrogen (secondary N) is 2. The van der Waals surface area contributed by atoms with Crippen LogP contribution in [0.15, 0.2) is 9.31 Å². The van der Waals surface area contributed by atoms with E-state index < -0.39 is 10.0 Å². The molecule has 0 aliphatic heterocycles. The van der Waals surface area contributed by atoms with E-state index in [1.165, 1.54) is 0 Å². The molecule has 1 rings (SSSR count). The molecule has 1 heterocycles. The average molecular weight is 318 g/mol. The molecule has 0 aliphatic rings. The Labute approximate surface area is 127 Å². The highest BCUT2D eigenvalue weighted by Crippen LogP contribution is 2.26. The molecule has 2 N–H and O–H groups in total. The Morgan fingerprint density at radius 2 is 1.90 bits per heavy atom. The van der Waals surface area contributed by atoms with Crippen molar-refractivity contribution in [1.82, 2.24) is 10.0 Å². The average Bonchev–Trinajstić information content (AvgIpc) is 2.69. The lowest BCUT2D eigenvalue weighted by atomic mass is 10.2. The van der Waals surface area contributed by atoms with Gasteiger partial charge in [-0.1, -0.05) is 6.92 Å². The number of hydrogen-bond acceptors (Lipinski definition) is 5. The maximum absolute atomic E-state index is 12.5. The molecule has 0 fully saturated rings. The smallest absolute Gasteiger partial charge is 0.244 e. The van der Waals surface area contributed by atoms with Crippen molar-refractivity contribution in [1.29, 1.82) is 0 Å². The molecule has 1 unspecified atom stereocenters. The van der Waals surface area contributed by atoms with Gasteiger partial charge in [0.25, 0.3) is 0 Å². The first kappa shape index (κ1) is 18.2. The second kappa shape index (κ2) is 7.93. The molecule has 1 atom stereocenters. The van der Waals surface area contributed by atoms with Crippen LogP contribution in [0.3, 0.4) is 0 Å². The maximum atomic E-state index is 12.5. The molecule has 0 amide bonds. The van der Waals surface area contributed by atoms with Gasteiger partial charge in [-0.05, 0) is 34.2 Å². The third-order valence-corrected chi connectivity index (χ3v) is 4.78. The Hall–Kier alpha value is -0.890. The van der Waals surface area contributed by atoms with Gasteiger partial charge in [0.2, 0.25) is 10.0 Å². The summed E-state index contributed by atoms with van der Waals surface area (Å²) in [5, 5.41) is 3.14. The first-order valence-electron chi connectivity index (χ1n) is 7.24. The molecule has 122 valence electrons. The molecule has 0 aromatic carbocycles. The van der Waals surface area contributed by atoms with Crippen LogP contribution in [0.5, 0.6) is 0 Å². The van der Waals surface area contributed by atoms with Crippen LogP contribution >= 0.6 is 0 Å². The van der Waals surface area contributed by atoms with Crippen LogP contribution in [0, 0.1) is 13.8 Å². The number of ether oxygens (including phenoxy) is 1. The minimum absolute atomic E-state index is 0.171. The van der Waals surface area contributed by atoms with Crippen LogP contribution in [-0.2, 0) is 21.3 Å². The minimum Gasteiger partial charge on any atom is -0.465 e. The van der Waals surface area contributed by atoms with Gasteiger partial charge >= 0.3 is 0 Å². The minimum atomic E-state index is -3.61. The molecular formula is C14H26N2O4S. The van der Waals surface area contributed by atoms with E-state index in [1.807, 2.05) is 20.8 Å². The van der Waals surface area contributed by atoms with E-state index in [1.54, 1.807) is 13.8 Å². The summed E-state index contributed by atoms with van der Waals surface area (Å²) in [6.07, 6.45) is -0.171. The maximum Gasteiger partial charge on any atom is 0.244 e. The van der Waals surface area contributed by atoms with Crippen molar-refractivity contribution in [3.8, 4) is 0 Å². The monoisotopic (exact) mass is 318 g/mol.